The highest BCUT2D eigenvalue weighted by Gasteiger charge is 2.41. The summed E-state index contributed by atoms with van der Waals surface area (Å²) in [6, 6.07) is 9.83. The standard InChI is InChI=1S/C20H25N3O3/c1-26-19(25)20(12-6-3-7-13-20)22-18(24)11-10-16-14-21-23(15-16)17-8-4-2-5-9-17/h2,4-5,8-9,14-15H,3,6-7,10-13H2,1H3,(H,22,24). The van der Waals surface area contributed by atoms with Crippen molar-refractivity contribution in [3.8, 4) is 5.69 Å². The van der Waals surface area contributed by atoms with Gasteiger partial charge in [0.15, 0.2) is 0 Å². The Morgan fingerprint density at radius 3 is 2.62 bits per heavy atom. The molecule has 1 amide bonds. The lowest BCUT2D eigenvalue weighted by Crippen LogP contribution is -2.56. The lowest BCUT2D eigenvalue weighted by molar-refractivity contribution is -0.152. The fourth-order valence-electron chi connectivity index (χ4n) is 3.53. The van der Waals surface area contributed by atoms with E-state index >= 15 is 0 Å². The molecule has 1 aliphatic carbocycles. The van der Waals surface area contributed by atoms with E-state index in [1.54, 1.807) is 10.9 Å². The highest BCUT2D eigenvalue weighted by molar-refractivity contribution is 5.88. The molecule has 1 N–H and O–H groups in total. The van der Waals surface area contributed by atoms with E-state index in [0.717, 1.165) is 30.5 Å². The second kappa shape index (κ2) is 8.17. The van der Waals surface area contributed by atoms with Crippen molar-refractivity contribution in [3.05, 3.63) is 48.3 Å². The number of carbonyl (C=O) groups excluding carboxylic acids is 2. The molecule has 3 rings (SSSR count). The molecule has 2 aromatic rings. The number of aromatic nitrogens is 2. The molecule has 0 bridgehead atoms. The fraction of sp³-hybridized carbons (Fsp3) is 0.450. The molecule has 138 valence electrons. The number of para-hydroxylation sites is 1. The summed E-state index contributed by atoms with van der Waals surface area (Å²) in [6.07, 6.45) is 8.85. The number of ether oxygens (including phenoxy) is 1. The third-order valence-corrected chi connectivity index (χ3v) is 4.96. The van der Waals surface area contributed by atoms with E-state index in [-0.39, 0.29) is 11.9 Å². The Labute approximate surface area is 153 Å². The van der Waals surface area contributed by atoms with Gasteiger partial charge < -0.3 is 10.1 Å². The Morgan fingerprint density at radius 1 is 1.19 bits per heavy atom. The van der Waals surface area contributed by atoms with Crippen LogP contribution in [0.3, 0.4) is 0 Å². The Bertz CT molecular complexity index is 749. The lowest BCUT2D eigenvalue weighted by atomic mass is 9.81. The van der Waals surface area contributed by atoms with Crippen molar-refractivity contribution in [2.24, 2.45) is 0 Å². The Morgan fingerprint density at radius 2 is 1.92 bits per heavy atom. The molecule has 1 aromatic carbocycles. The number of esters is 1. The first-order valence-electron chi connectivity index (χ1n) is 9.11. The van der Waals surface area contributed by atoms with E-state index in [0.29, 0.717) is 25.7 Å². The van der Waals surface area contributed by atoms with Gasteiger partial charge in [0.2, 0.25) is 5.91 Å². The van der Waals surface area contributed by atoms with Gasteiger partial charge in [0.05, 0.1) is 19.0 Å². The normalized spacial score (nSPS) is 16.0. The molecule has 1 aromatic heterocycles. The monoisotopic (exact) mass is 355 g/mol. The first-order valence-corrected chi connectivity index (χ1v) is 9.11. The van der Waals surface area contributed by atoms with Gasteiger partial charge in [0, 0.05) is 12.6 Å². The van der Waals surface area contributed by atoms with Crippen molar-refractivity contribution in [1.29, 1.82) is 0 Å². The molecule has 0 radical (unpaired) electrons. The van der Waals surface area contributed by atoms with Crippen LogP contribution in [0.1, 0.15) is 44.1 Å². The number of hydrogen-bond acceptors (Lipinski definition) is 4. The van der Waals surface area contributed by atoms with Crippen LogP contribution in [0, 0.1) is 0 Å². The molecule has 0 unspecified atom stereocenters. The minimum atomic E-state index is -0.849. The molecule has 0 atom stereocenters. The summed E-state index contributed by atoms with van der Waals surface area (Å²) >= 11 is 0. The largest absolute Gasteiger partial charge is 0.467 e. The van der Waals surface area contributed by atoms with Crippen molar-refractivity contribution >= 4 is 11.9 Å². The number of nitrogens with one attached hydrogen (secondary N) is 1. The average Bonchev–Trinajstić information content (AvgIpc) is 3.16. The van der Waals surface area contributed by atoms with Crippen LogP contribution in [-0.4, -0.2) is 34.3 Å². The molecule has 1 fully saturated rings. The first-order chi connectivity index (χ1) is 12.6. The van der Waals surface area contributed by atoms with Gasteiger partial charge in [0.1, 0.15) is 5.54 Å². The van der Waals surface area contributed by atoms with Gasteiger partial charge in [-0.3, -0.25) is 4.79 Å². The molecule has 1 aliphatic rings. The average molecular weight is 355 g/mol. The fourth-order valence-corrected chi connectivity index (χ4v) is 3.53. The molecule has 1 saturated carbocycles. The van der Waals surface area contributed by atoms with E-state index < -0.39 is 5.54 Å². The highest BCUT2D eigenvalue weighted by atomic mass is 16.5. The zero-order chi connectivity index (χ0) is 18.4. The van der Waals surface area contributed by atoms with E-state index in [9.17, 15) is 9.59 Å². The van der Waals surface area contributed by atoms with Gasteiger partial charge in [-0.25, -0.2) is 9.48 Å². The van der Waals surface area contributed by atoms with E-state index in [1.165, 1.54) is 7.11 Å². The van der Waals surface area contributed by atoms with Gasteiger partial charge in [-0.1, -0.05) is 37.5 Å². The van der Waals surface area contributed by atoms with Crippen LogP contribution in [0.5, 0.6) is 0 Å². The molecular weight excluding hydrogens is 330 g/mol. The SMILES string of the molecule is COC(=O)C1(NC(=O)CCc2cnn(-c3ccccc3)c2)CCCCC1. The number of aryl methyl sites for hydroxylation is 1. The minimum Gasteiger partial charge on any atom is -0.467 e. The van der Waals surface area contributed by atoms with Crippen LogP contribution in [0.4, 0.5) is 0 Å². The van der Waals surface area contributed by atoms with Crippen molar-refractivity contribution in [2.45, 2.75) is 50.5 Å². The molecule has 6 nitrogen and oxygen atoms in total. The predicted molar refractivity (Wildman–Crippen MR) is 97.9 cm³/mol. The second-order valence-electron chi connectivity index (χ2n) is 6.81. The molecule has 0 saturated heterocycles. The van der Waals surface area contributed by atoms with E-state index in [4.69, 9.17) is 4.74 Å². The summed E-state index contributed by atoms with van der Waals surface area (Å²) in [5.74, 6) is -0.452. The van der Waals surface area contributed by atoms with Gasteiger partial charge in [0.25, 0.3) is 0 Å². The molecule has 1 heterocycles. The Balaban J connectivity index is 1.58. The number of methoxy groups -OCH3 is 1. The number of nitrogens with zero attached hydrogens (tertiary/aromatic N) is 2. The molecule has 26 heavy (non-hydrogen) atoms. The minimum absolute atomic E-state index is 0.121. The van der Waals surface area contributed by atoms with Gasteiger partial charge >= 0.3 is 5.97 Å². The van der Waals surface area contributed by atoms with E-state index in [1.807, 2.05) is 36.5 Å². The van der Waals surface area contributed by atoms with Crippen LogP contribution in [0.15, 0.2) is 42.7 Å². The third-order valence-electron chi connectivity index (χ3n) is 4.96. The van der Waals surface area contributed by atoms with Crippen LogP contribution in [0.2, 0.25) is 0 Å². The van der Waals surface area contributed by atoms with Crippen molar-refractivity contribution in [3.63, 3.8) is 0 Å². The van der Waals surface area contributed by atoms with Crippen LogP contribution in [-0.2, 0) is 20.7 Å². The quantitative estimate of drug-likeness (QED) is 0.809. The summed E-state index contributed by atoms with van der Waals surface area (Å²) in [7, 11) is 1.38. The summed E-state index contributed by atoms with van der Waals surface area (Å²) in [5.41, 5.74) is 1.12. The summed E-state index contributed by atoms with van der Waals surface area (Å²) in [5, 5.41) is 7.30. The zero-order valence-corrected chi connectivity index (χ0v) is 15.1. The Hall–Kier alpha value is -2.63. The number of rotatable bonds is 6. The van der Waals surface area contributed by atoms with Gasteiger partial charge in [-0.15, -0.1) is 0 Å². The molecule has 0 spiro atoms. The summed E-state index contributed by atoms with van der Waals surface area (Å²) < 4.78 is 6.74. The van der Waals surface area contributed by atoms with Crippen LogP contribution in [0.25, 0.3) is 5.69 Å². The molecule has 0 aliphatic heterocycles. The maximum absolute atomic E-state index is 12.4. The highest BCUT2D eigenvalue weighted by Crippen LogP contribution is 2.29. The van der Waals surface area contributed by atoms with Crippen molar-refractivity contribution < 1.29 is 14.3 Å². The summed E-state index contributed by atoms with van der Waals surface area (Å²) in [6.45, 7) is 0. The maximum Gasteiger partial charge on any atom is 0.331 e. The third kappa shape index (κ3) is 4.12. The van der Waals surface area contributed by atoms with Crippen LogP contribution >= 0.6 is 0 Å². The van der Waals surface area contributed by atoms with Crippen molar-refractivity contribution in [1.82, 2.24) is 15.1 Å². The maximum atomic E-state index is 12.4. The second-order valence-corrected chi connectivity index (χ2v) is 6.81. The smallest absolute Gasteiger partial charge is 0.331 e. The number of hydrogen-bond donors (Lipinski definition) is 1. The molecule has 6 heteroatoms. The zero-order valence-electron chi connectivity index (χ0n) is 15.1. The first kappa shape index (κ1) is 18.2. The lowest BCUT2D eigenvalue weighted by Gasteiger charge is -2.35. The Kier molecular flexibility index (Phi) is 5.71. The van der Waals surface area contributed by atoms with Gasteiger partial charge in [-0.2, -0.15) is 5.10 Å². The number of benzene rings is 1. The van der Waals surface area contributed by atoms with Crippen LogP contribution < -0.4 is 5.32 Å². The summed E-state index contributed by atoms with van der Waals surface area (Å²) in [4.78, 5) is 24.6. The number of amides is 1. The van der Waals surface area contributed by atoms with E-state index in [2.05, 4.69) is 10.4 Å². The number of carbonyl (C=O) groups is 2. The van der Waals surface area contributed by atoms with Gasteiger partial charge in [-0.05, 0) is 37.0 Å². The van der Waals surface area contributed by atoms with Crippen molar-refractivity contribution in [2.75, 3.05) is 7.11 Å². The topological polar surface area (TPSA) is 73.2 Å². The molecular formula is C20H25N3O3. The predicted octanol–water partition coefficient (Wildman–Crippen LogP) is 2.80.